The maximum Gasteiger partial charge on any atom is 0.0951 e. The summed E-state index contributed by atoms with van der Waals surface area (Å²) in [6, 6.07) is 0.463. The first kappa shape index (κ1) is 12.0. The Balaban J connectivity index is 2.32. The van der Waals surface area contributed by atoms with Crippen molar-refractivity contribution >= 4 is 0 Å². The second-order valence-electron chi connectivity index (χ2n) is 5.04. The highest BCUT2D eigenvalue weighted by molar-refractivity contribution is 5.29. The lowest BCUT2D eigenvalue weighted by molar-refractivity contribution is 0.559. The summed E-state index contributed by atoms with van der Waals surface area (Å²) in [6.45, 7) is 11.8. The Morgan fingerprint density at radius 3 is 2.47 bits per heavy atom. The Morgan fingerprint density at radius 1 is 1.24 bits per heavy atom. The highest BCUT2D eigenvalue weighted by Gasteiger charge is 2.09. The Bertz CT molecular complexity index is 518. The van der Waals surface area contributed by atoms with Gasteiger partial charge in [0.2, 0.25) is 0 Å². The summed E-state index contributed by atoms with van der Waals surface area (Å²) < 4.78 is 4.53. The van der Waals surface area contributed by atoms with E-state index in [2.05, 4.69) is 54.9 Å². The zero-order valence-corrected chi connectivity index (χ0v) is 11.4. The summed E-state index contributed by atoms with van der Waals surface area (Å²) in [5.41, 5.74) is 5.36. The molecule has 0 N–H and O–H groups in total. The third-order valence-electron chi connectivity index (χ3n) is 3.55. The van der Waals surface area contributed by atoms with Crippen molar-refractivity contribution in [2.75, 3.05) is 0 Å². The molecule has 92 valence electrons. The molecule has 0 radical (unpaired) electrons. The summed E-state index contributed by atoms with van der Waals surface area (Å²) in [7, 11) is 0. The zero-order chi connectivity index (χ0) is 12.6. The average Bonchev–Trinajstić information content (AvgIpc) is 2.81. The van der Waals surface area contributed by atoms with E-state index in [1.807, 2.05) is 12.5 Å². The third kappa shape index (κ3) is 2.14. The fourth-order valence-electron chi connectivity index (χ4n) is 2.19. The third-order valence-corrected chi connectivity index (χ3v) is 3.55. The first-order valence-electron chi connectivity index (χ1n) is 6.14. The zero-order valence-electron chi connectivity index (χ0n) is 11.4. The molecule has 3 heteroatoms. The first-order valence-corrected chi connectivity index (χ1v) is 6.14. The van der Waals surface area contributed by atoms with E-state index in [1.54, 1.807) is 0 Å². The topological polar surface area (TPSA) is 22.8 Å². The van der Waals surface area contributed by atoms with Gasteiger partial charge in [0.1, 0.15) is 0 Å². The summed E-state index contributed by atoms with van der Waals surface area (Å²) in [5.74, 6) is 0. The van der Waals surface area contributed by atoms with E-state index in [4.69, 9.17) is 0 Å². The number of aryl methyl sites for hydroxylation is 1. The monoisotopic (exact) mass is 231 g/mol. The molecule has 0 bridgehead atoms. The van der Waals surface area contributed by atoms with E-state index in [0.29, 0.717) is 6.04 Å². The number of imidazole rings is 1. The van der Waals surface area contributed by atoms with Crippen LogP contribution in [0.3, 0.4) is 0 Å². The van der Waals surface area contributed by atoms with Crippen LogP contribution in [0.1, 0.15) is 42.4 Å². The van der Waals surface area contributed by atoms with Gasteiger partial charge < -0.3 is 9.13 Å². The van der Waals surface area contributed by atoms with Crippen molar-refractivity contribution < 1.29 is 0 Å². The Labute approximate surface area is 103 Å². The van der Waals surface area contributed by atoms with Crippen LogP contribution in [0.15, 0.2) is 18.7 Å². The molecule has 2 aromatic rings. The highest BCUT2D eigenvalue weighted by atomic mass is 15.1. The number of hydrogen-bond donors (Lipinski definition) is 0. The van der Waals surface area contributed by atoms with E-state index >= 15 is 0 Å². The molecule has 0 fully saturated rings. The van der Waals surface area contributed by atoms with Crippen LogP contribution >= 0.6 is 0 Å². The van der Waals surface area contributed by atoms with Crippen LogP contribution in [0.25, 0.3) is 0 Å². The van der Waals surface area contributed by atoms with Gasteiger partial charge in [-0.3, -0.25) is 0 Å². The normalized spacial score (nSPS) is 11.4. The quantitative estimate of drug-likeness (QED) is 0.795. The first-order chi connectivity index (χ1) is 8.00. The summed E-state index contributed by atoms with van der Waals surface area (Å²) in [5, 5.41) is 0. The van der Waals surface area contributed by atoms with Crippen LogP contribution in [-0.2, 0) is 6.54 Å². The van der Waals surface area contributed by atoms with Gasteiger partial charge in [0.15, 0.2) is 0 Å². The second-order valence-corrected chi connectivity index (χ2v) is 5.04. The van der Waals surface area contributed by atoms with E-state index in [9.17, 15) is 0 Å². The lowest BCUT2D eigenvalue weighted by atomic mass is 10.2. The minimum atomic E-state index is 0.463. The second kappa shape index (κ2) is 4.40. The molecule has 0 saturated carbocycles. The number of nitrogens with zero attached hydrogens (tertiary/aromatic N) is 3. The average molecular weight is 231 g/mol. The van der Waals surface area contributed by atoms with Crippen molar-refractivity contribution in [3.05, 3.63) is 41.2 Å². The fourth-order valence-corrected chi connectivity index (χ4v) is 2.19. The molecule has 0 saturated heterocycles. The summed E-state index contributed by atoms with van der Waals surface area (Å²) in [6.07, 6.45) is 6.10. The van der Waals surface area contributed by atoms with E-state index in [1.165, 1.54) is 22.5 Å². The lowest BCUT2D eigenvalue weighted by Crippen LogP contribution is -2.09. The summed E-state index contributed by atoms with van der Waals surface area (Å²) >= 11 is 0. The van der Waals surface area contributed by atoms with Gasteiger partial charge in [-0.15, -0.1) is 0 Å². The largest absolute Gasteiger partial charge is 0.345 e. The smallest absolute Gasteiger partial charge is 0.0951 e. The molecule has 0 unspecified atom stereocenters. The van der Waals surface area contributed by atoms with Crippen LogP contribution in [0, 0.1) is 20.8 Å². The van der Waals surface area contributed by atoms with Crippen LogP contribution in [0.2, 0.25) is 0 Å². The van der Waals surface area contributed by atoms with Crippen LogP contribution in [0.4, 0.5) is 0 Å². The molecule has 2 aromatic heterocycles. The molecule has 0 aliphatic rings. The number of rotatable bonds is 3. The molecule has 17 heavy (non-hydrogen) atoms. The number of aromatic nitrogens is 3. The van der Waals surface area contributed by atoms with Crippen molar-refractivity contribution in [1.29, 1.82) is 0 Å². The maximum absolute atomic E-state index is 4.25. The SMILES string of the molecule is Cc1cn(Cc2cncn2C(C)C)c(C)c1C. The molecule has 2 heterocycles. The molecule has 0 spiro atoms. The van der Waals surface area contributed by atoms with Gasteiger partial charge in [-0.2, -0.15) is 0 Å². The van der Waals surface area contributed by atoms with Gasteiger partial charge in [0.25, 0.3) is 0 Å². The molecule has 3 nitrogen and oxygen atoms in total. The van der Waals surface area contributed by atoms with Gasteiger partial charge in [-0.1, -0.05) is 0 Å². The molecular weight excluding hydrogens is 210 g/mol. The molecule has 0 atom stereocenters. The molecule has 0 aliphatic heterocycles. The Kier molecular flexibility index (Phi) is 3.09. The number of hydrogen-bond acceptors (Lipinski definition) is 1. The van der Waals surface area contributed by atoms with Crippen LogP contribution in [-0.4, -0.2) is 14.1 Å². The Morgan fingerprint density at radius 2 is 1.94 bits per heavy atom. The minimum absolute atomic E-state index is 0.463. The van der Waals surface area contributed by atoms with Gasteiger partial charge in [0.05, 0.1) is 18.6 Å². The maximum atomic E-state index is 4.25. The lowest BCUT2D eigenvalue weighted by Gasteiger charge is -2.13. The van der Waals surface area contributed by atoms with Gasteiger partial charge in [-0.25, -0.2) is 4.98 Å². The van der Waals surface area contributed by atoms with Crippen molar-refractivity contribution in [3.8, 4) is 0 Å². The van der Waals surface area contributed by atoms with E-state index < -0.39 is 0 Å². The van der Waals surface area contributed by atoms with Crippen LogP contribution < -0.4 is 0 Å². The molecule has 0 amide bonds. The standard InChI is InChI=1S/C14H21N3/c1-10(2)17-9-15-6-14(17)8-16-7-11(3)12(4)13(16)5/h6-7,9-10H,8H2,1-5H3. The fraction of sp³-hybridized carbons (Fsp3) is 0.500. The highest BCUT2D eigenvalue weighted by Crippen LogP contribution is 2.17. The molecule has 0 aliphatic carbocycles. The molecular formula is C14H21N3. The van der Waals surface area contributed by atoms with Gasteiger partial charge in [0, 0.05) is 24.1 Å². The van der Waals surface area contributed by atoms with Gasteiger partial charge in [-0.05, 0) is 45.7 Å². The molecule has 2 rings (SSSR count). The Hall–Kier alpha value is -1.51. The van der Waals surface area contributed by atoms with Gasteiger partial charge >= 0.3 is 0 Å². The van der Waals surface area contributed by atoms with Crippen molar-refractivity contribution in [1.82, 2.24) is 14.1 Å². The predicted molar refractivity (Wildman–Crippen MR) is 70.4 cm³/mol. The molecule has 0 aromatic carbocycles. The van der Waals surface area contributed by atoms with Crippen molar-refractivity contribution in [2.24, 2.45) is 0 Å². The van der Waals surface area contributed by atoms with Crippen molar-refractivity contribution in [2.45, 2.75) is 47.2 Å². The van der Waals surface area contributed by atoms with E-state index in [-0.39, 0.29) is 0 Å². The predicted octanol–water partition coefficient (Wildman–Crippen LogP) is 3.24. The summed E-state index contributed by atoms with van der Waals surface area (Å²) in [4.78, 5) is 4.25. The van der Waals surface area contributed by atoms with Crippen LogP contribution in [0.5, 0.6) is 0 Å². The van der Waals surface area contributed by atoms with Crippen molar-refractivity contribution in [3.63, 3.8) is 0 Å². The minimum Gasteiger partial charge on any atom is -0.345 e. The van der Waals surface area contributed by atoms with E-state index in [0.717, 1.165) is 6.54 Å².